The molecule has 1 atom stereocenters. The predicted molar refractivity (Wildman–Crippen MR) is 49.1 cm³/mol. The van der Waals surface area contributed by atoms with Crippen molar-refractivity contribution in [3.8, 4) is 5.75 Å². The summed E-state index contributed by atoms with van der Waals surface area (Å²) in [7, 11) is 0. The van der Waals surface area contributed by atoms with E-state index in [0.29, 0.717) is 0 Å². The van der Waals surface area contributed by atoms with Gasteiger partial charge >= 0.3 is 0 Å². The topological polar surface area (TPSA) is 21.8 Å². The van der Waals surface area contributed by atoms with Crippen LogP contribution in [0.1, 0.15) is 5.56 Å². The zero-order valence-corrected chi connectivity index (χ0v) is 6.94. The summed E-state index contributed by atoms with van der Waals surface area (Å²) in [6, 6.07) is 7.97. The smallest absolute Gasteiger partial charge is 0.183 e. The highest BCUT2D eigenvalue weighted by molar-refractivity contribution is 5.60. The minimum absolute atomic E-state index is 0.0186. The van der Waals surface area contributed by atoms with Gasteiger partial charge in [0.2, 0.25) is 0 Å². The van der Waals surface area contributed by atoms with E-state index in [1.165, 1.54) is 0 Å². The van der Waals surface area contributed by atoms with Gasteiger partial charge < -0.3 is 9.47 Å². The van der Waals surface area contributed by atoms with E-state index in [-0.39, 0.29) is 6.10 Å². The van der Waals surface area contributed by atoms with Gasteiger partial charge in [-0.3, -0.25) is 0 Å². The van der Waals surface area contributed by atoms with Crippen LogP contribution in [0, 0.1) is 0 Å². The van der Waals surface area contributed by atoms with Gasteiger partial charge in [-0.2, -0.15) is 0 Å². The molecule has 2 aliphatic rings. The Morgan fingerprint density at radius 3 is 2.85 bits per heavy atom. The summed E-state index contributed by atoms with van der Waals surface area (Å²) in [5.41, 5.74) is 1.13. The lowest BCUT2D eigenvalue weighted by Gasteiger charge is -2.17. The van der Waals surface area contributed by atoms with Crippen molar-refractivity contribution in [3.63, 3.8) is 0 Å². The van der Waals surface area contributed by atoms with Crippen LogP contribution >= 0.6 is 0 Å². The van der Waals surface area contributed by atoms with E-state index in [4.69, 9.17) is 9.47 Å². The van der Waals surface area contributed by atoms with Crippen LogP contribution in [0.4, 0.5) is 0 Å². The van der Waals surface area contributed by atoms with Gasteiger partial charge in [-0.1, -0.05) is 24.3 Å². The molecule has 0 radical (unpaired) electrons. The SMILES string of the molecule is C1=CC(C2=CO2)Oc2ccccc21. The number of benzene rings is 1. The van der Waals surface area contributed by atoms with Crippen LogP contribution in [0.5, 0.6) is 5.75 Å². The van der Waals surface area contributed by atoms with Gasteiger partial charge in [-0.15, -0.1) is 0 Å². The molecule has 0 N–H and O–H groups in total. The highest BCUT2D eigenvalue weighted by Crippen LogP contribution is 2.31. The van der Waals surface area contributed by atoms with Crippen molar-refractivity contribution in [1.82, 2.24) is 0 Å². The molecule has 1 unspecified atom stereocenters. The summed E-state index contributed by atoms with van der Waals surface area (Å²) in [5.74, 6) is 1.83. The molecule has 0 amide bonds. The van der Waals surface area contributed by atoms with Crippen LogP contribution in [0.15, 0.2) is 42.4 Å². The highest BCUT2D eigenvalue weighted by atomic mass is 16.6. The summed E-state index contributed by atoms with van der Waals surface area (Å²) in [4.78, 5) is 0. The molecule has 0 bridgehead atoms. The molecule has 13 heavy (non-hydrogen) atoms. The van der Waals surface area contributed by atoms with Crippen LogP contribution in [-0.4, -0.2) is 6.10 Å². The van der Waals surface area contributed by atoms with Gasteiger partial charge in [0.1, 0.15) is 12.0 Å². The molecular formula is C11H8O2. The molecule has 1 aromatic carbocycles. The molecule has 0 saturated carbocycles. The van der Waals surface area contributed by atoms with Crippen molar-refractivity contribution >= 4 is 6.08 Å². The Labute approximate surface area is 76.1 Å². The summed E-state index contributed by atoms with van der Waals surface area (Å²) < 4.78 is 10.7. The first-order chi connectivity index (χ1) is 6.43. The van der Waals surface area contributed by atoms with Crippen LogP contribution in [0.2, 0.25) is 0 Å². The Kier molecular flexibility index (Phi) is 1.25. The number of fused-ring (bicyclic) bond motifs is 1. The Hall–Kier alpha value is -1.70. The Bertz CT molecular complexity index is 404. The van der Waals surface area contributed by atoms with E-state index >= 15 is 0 Å². The Morgan fingerprint density at radius 1 is 1.15 bits per heavy atom. The van der Waals surface area contributed by atoms with Crippen molar-refractivity contribution in [2.45, 2.75) is 6.10 Å². The third-order valence-corrected chi connectivity index (χ3v) is 2.16. The first-order valence-electron chi connectivity index (χ1n) is 4.24. The maximum Gasteiger partial charge on any atom is 0.183 e. The van der Waals surface area contributed by atoms with Crippen molar-refractivity contribution in [2.24, 2.45) is 0 Å². The fourth-order valence-corrected chi connectivity index (χ4v) is 1.41. The molecule has 2 aliphatic heterocycles. The maximum absolute atomic E-state index is 5.68. The molecule has 0 aliphatic carbocycles. The third kappa shape index (κ3) is 1.11. The molecule has 2 heteroatoms. The number of hydrogen-bond acceptors (Lipinski definition) is 2. The molecule has 0 fully saturated rings. The van der Waals surface area contributed by atoms with Gasteiger partial charge in [0.05, 0.1) is 0 Å². The van der Waals surface area contributed by atoms with Gasteiger partial charge in [-0.25, -0.2) is 0 Å². The number of rotatable bonds is 1. The molecule has 64 valence electrons. The van der Waals surface area contributed by atoms with Gasteiger partial charge in [0.25, 0.3) is 0 Å². The molecule has 0 saturated heterocycles. The minimum Gasteiger partial charge on any atom is -0.478 e. The number of hydrogen-bond donors (Lipinski definition) is 0. The average molecular weight is 172 g/mol. The lowest BCUT2D eigenvalue weighted by molar-refractivity contribution is 0.250. The van der Waals surface area contributed by atoms with E-state index in [1.807, 2.05) is 30.3 Å². The van der Waals surface area contributed by atoms with E-state index in [2.05, 4.69) is 6.08 Å². The fourth-order valence-electron chi connectivity index (χ4n) is 1.41. The second kappa shape index (κ2) is 2.39. The highest BCUT2D eigenvalue weighted by Gasteiger charge is 2.25. The van der Waals surface area contributed by atoms with Gasteiger partial charge in [0, 0.05) is 5.56 Å². The zero-order chi connectivity index (χ0) is 8.67. The van der Waals surface area contributed by atoms with Gasteiger partial charge in [-0.05, 0) is 12.1 Å². The van der Waals surface area contributed by atoms with Crippen molar-refractivity contribution in [1.29, 1.82) is 0 Å². The van der Waals surface area contributed by atoms with E-state index < -0.39 is 0 Å². The van der Waals surface area contributed by atoms with Crippen LogP contribution in [0.25, 0.3) is 6.08 Å². The molecular weight excluding hydrogens is 164 g/mol. The standard InChI is InChI=1S/C11H8O2/c1-2-4-9-8(3-1)5-6-10(13-9)11-7-12-11/h1-7,10H. The molecule has 0 spiro atoms. The van der Waals surface area contributed by atoms with Crippen molar-refractivity contribution in [3.05, 3.63) is 47.9 Å². The van der Waals surface area contributed by atoms with Crippen LogP contribution in [0.3, 0.4) is 0 Å². The normalized spacial score (nSPS) is 22.5. The number of ether oxygens (including phenoxy) is 2. The van der Waals surface area contributed by atoms with Gasteiger partial charge in [0.15, 0.2) is 11.9 Å². The predicted octanol–water partition coefficient (Wildman–Crippen LogP) is 2.33. The summed E-state index contributed by atoms with van der Waals surface area (Å²) in [5, 5.41) is 0. The average Bonchev–Trinajstić information content (AvgIpc) is 3.00. The second-order valence-electron chi connectivity index (χ2n) is 3.07. The minimum atomic E-state index is -0.0186. The zero-order valence-electron chi connectivity index (χ0n) is 6.94. The largest absolute Gasteiger partial charge is 0.478 e. The van der Waals surface area contributed by atoms with Crippen LogP contribution in [-0.2, 0) is 4.74 Å². The molecule has 0 aromatic heterocycles. The quantitative estimate of drug-likeness (QED) is 0.648. The third-order valence-electron chi connectivity index (χ3n) is 2.16. The Morgan fingerprint density at radius 2 is 2.00 bits per heavy atom. The van der Waals surface area contributed by atoms with Crippen molar-refractivity contribution in [2.75, 3.05) is 0 Å². The lowest BCUT2D eigenvalue weighted by atomic mass is 10.1. The summed E-state index contributed by atoms with van der Waals surface area (Å²) in [6.07, 6.45) is 5.76. The first-order valence-corrected chi connectivity index (χ1v) is 4.24. The van der Waals surface area contributed by atoms with Crippen molar-refractivity contribution < 1.29 is 9.47 Å². The summed E-state index contributed by atoms with van der Waals surface area (Å²) in [6.45, 7) is 0. The lowest BCUT2D eigenvalue weighted by Crippen LogP contribution is -2.15. The molecule has 2 nitrogen and oxygen atoms in total. The second-order valence-corrected chi connectivity index (χ2v) is 3.07. The van der Waals surface area contributed by atoms with E-state index in [9.17, 15) is 0 Å². The molecule has 2 heterocycles. The fraction of sp³-hybridized carbons (Fsp3) is 0.0909. The molecule has 3 rings (SSSR count). The van der Waals surface area contributed by atoms with Crippen LogP contribution < -0.4 is 4.74 Å². The monoisotopic (exact) mass is 172 g/mol. The Balaban J connectivity index is 1.97. The maximum atomic E-state index is 5.68. The first kappa shape index (κ1) is 6.78. The molecule has 1 aromatic rings. The summed E-state index contributed by atoms with van der Waals surface area (Å²) >= 11 is 0. The van der Waals surface area contributed by atoms with E-state index in [0.717, 1.165) is 17.1 Å². The van der Waals surface area contributed by atoms with E-state index in [1.54, 1.807) is 6.26 Å². The number of para-hydroxylation sites is 1.